The van der Waals surface area contributed by atoms with Crippen LogP contribution in [0.1, 0.15) is 50.0 Å². The molecule has 4 rings (SSSR count). The second-order valence-electron chi connectivity index (χ2n) is 7.34. The minimum Gasteiger partial charge on any atom is -0.478 e. The number of carboxylic acids is 1. The number of carboxylic acid groups (broad SMARTS) is 1. The van der Waals surface area contributed by atoms with Crippen LogP contribution in [-0.2, 0) is 13.0 Å². The summed E-state index contributed by atoms with van der Waals surface area (Å²) in [6.45, 7) is 4.30. The van der Waals surface area contributed by atoms with Crippen LogP contribution in [0, 0.1) is 6.92 Å². The summed E-state index contributed by atoms with van der Waals surface area (Å²) in [5, 5.41) is 8.98. The van der Waals surface area contributed by atoms with Crippen LogP contribution in [0.15, 0.2) is 65.7 Å². The molecule has 2 heterocycles. The molecule has 0 aliphatic carbocycles. The molecule has 31 heavy (non-hydrogen) atoms. The molecule has 0 bridgehead atoms. The van der Waals surface area contributed by atoms with Gasteiger partial charge in [0.25, 0.3) is 5.56 Å². The zero-order valence-electron chi connectivity index (χ0n) is 17.2. The maximum atomic E-state index is 12.7. The summed E-state index contributed by atoms with van der Waals surface area (Å²) in [6.07, 6.45) is 4.19. The van der Waals surface area contributed by atoms with Crippen molar-refractivity contribution in [2.75, 3.05) is 0 Å². The molecule has 1 N–H and O–H groups in total. The molecule has 0 fully saturated rings. The first-order valence-electron chi connectivity index (χ1n) is 9.93. The second kappa shape index (κ2) is 8.02. The van der Waals surface area contributed by atoms with E-state index in [1.807, 2.05) is 36.7 Å². The lowest BCUT2D eigenvalue weighted by molar-refractivity contribution is 0.0696. The summed E-state index contributed by atoms with van der Waals surface area (Å²) in [5.41, 5.74) is 3.46. The van der Waals surface area contributed by atoms with E-state index in [0.29, 0.717) is 29.9 Å². The van der Waals surface area contributed by atoms with Crippen LogP contribution in [0.3, 0.4) is 0 Å². The molecule has 0 spiro atoms. The average Bonchev–Trinajstić information content (AvgIpc) is 3.16. The van der Waals surface area contributed by atoms with Crippen LogP contribution < -0.4 is 5.56 Å². The predicted molar refractivity (Wildman–Crippen MR) is 116 cm³/mol. The van der Waals surface area contributed by atoms with Gasteiger partial charge in [-0.15, -0.1) is 0 Å². The highest BCUT2D eigenvalue weighted by Crippen LogP contribution is 2.14. The Hall–Kier alpha value is -4.00. The van der Waals surface area contributed by atoms with E-state index in [1.54, 1.807) is 22.7 Å². The Kier molecular flexibility index (Phi) is 5.25. The van der Waals surface area contributed by atoms with Crippen molar-refractivity contribution in [3.05, 3.63) is 105 Å². The van der Waals surface area contributed by atoms with Gasteiger partial charge in [0, 0.05) is 34.8 Å². The number of carbonyl (C=O) groups excluding carboxylic acids is 1. The van der Waals surface area contributed by atoms with Gasteiger partial charge >= 0.3 is 5.97 Å². The number of rotatable bonds is 6. The largest absolute Gasteiger partial charge is 0.478 e. The van der Waals surface area contributed by atoms with Crippen molar-refractivity contribution in [3.63, 3.8) is 0 Å². The quantitative estimate of drug-likeness (QED) is 0.488. The Morgan fingerprint density at radius 1 is 0.935 bits per heavy atom. The van der Waals surface area contributed by atoms with Crippen molar-refractivity contribution in [3.8, 4) is 0 Å². The highest BCUT2D eigenvalue weighted by molar-refractivity contribution is 6.09. The van der Waals surface area contributed by atoms with Crippen molar-refractivity contribution in [1.29, 1.82) is 0 Å². The standard InChI is InChI=1S/C24H21N3O4/c1-3-20-15(2)25-24-26(12-13-27(24)22(20)29)14-16-4-6-17(7-5-16)21(28)18-8-10-19(11-9-18)23(30)31/h4-13H,3,14H2,1-2H3,(H,30,31). The minimum absolute atomic E-state index is 0.0430. The van der Waals surface area contributed by atoms with Crippen molar-refractivity contribution >= 4 is 17.5 Å². The van der Waals surface area contributed by atoms with Crippen molar-refractivity contribution in [2.45, 2.75) is 26.8 Å². The molecular weight excluding hydrogens is 394 g/mol. The third-order valence-electron chi connectivity index (χ3n) is 5.37. The summed E-state index contributed by atoms with van der Waals surface area (Å²) in [7, 11) is 0. The van der Waals surface area contributed by atoms with Gasteiger partial charge in [-0.05, 0) is 31.0 Å². The third-order valence-corrected chi connectivity index (χ3v) is 5.37. The van der Waals surface area contributed by atoms with Gasteiger partial charge in [-0.25, -0.2) is 9.78 Å². The highest BCUT2D eigenvalue weighted by atomic mass is 16.4. The summed E-state index contributed by atoms with van der Waals surface area (Å²) in [4.78, 5) is 40.8. The van der Waals surface area contributed by atoms with Crippen LogP contribution in [0.2, 0.25) is 0 Å². The Balaban J connectivity index is 1.57. The number of ketones is 1. The zero-order chi connectivity index (χ0) is 22.1. The van der Waals surface area contributed by atoms with Crippen molar-refractivity contribution in [2.24, 2.45) is 0 Å². The molecule has 0 saturated carbocycles. The molecule has 0 amide bonds. The normalized spacial score (nSPS) is 11.0. The Labute approximate surface area is 178 Å². The number of aryl methyl sites for hydroxylation is 1. The topological polar surface area (TPSA) is 93.7 Å². The fourth-order valence-corrected chi connectivity index (χ4v) is 3.63. The first-order valence-corrected chi connectivity index (χ1v) is 9.93. The van der Waals surface area contributed by atoms with E-state index in [1.165, 1.54) is 24.3 Å². The van der Waals surface area contributed by atoms with Crippen LogP contribution >= 0.6 is 0 Å². The lowest BCUT2D eigenvalue weighted by atomic mass is 10.0. The summed E-state index contributed by atoms with van der Waals surface area (Å²) in [6, 6.07) is 13.1. The van der Waals surface area contributed by atoms with E-state index < -0.39 is 5.97 Å². The van der Waals surface area contributed by atoms with E-state index >= 15 is 0 Å². The smallest absolute Gasteiger partial charge is 0.335 e. The van der Waals surface area contributed by atoms with Gasteiger partial charge in [-0.3, -0.25) is 14.0 Å². The molecule has 7 heteroatoms. The maximum Gasteiger partial charge on any atom is 0.335 e. The number of carbonyl (C=O) groups is 2. The third kappa shape index (κ3) is 3.77. The number of nitrogens with zero attached hydrogens (tertiary/aromatic N) is 3. The SMILES string of the molecule is CCc1c(C)nc2n(Cc3ccc(C(=O)c4ccc(C(=O)O)cc4)cc3)ccn2c1=O. The molecule has 156 valence electrons. The number of benzene rings is 2. The molecule has 0 atom stereocenters. The van der Waals surface area contributed by atoms with Gasteiger partial charge in [-0.1, -0.05) is 43.3 Å². The fourth-order valence-electron chi connectivity index (χ4n) is 3.63. The van der Waals surface area contributed by atoms with Gasteiger partial charge in [0.1, 0.15) is 0 Å². The molecule has 2 aromatic carbocycles. The van der Waals surface area contributed by atoms with E-state index in [0.717, 1.165) is 16.8 Å². The van der Waals surface area contributed by atoms with E-state index in [9.17, 15) is 14.4 Å². The Bertz CT molecular complexity index is 1350. The molecule has 4 aromatic rings. The van der Waals surface area contributed by atoms with Crippen molar-refractivity contribution in [1.82, 2.24) is 14.0 Å². The number of fused-ring (bicyclic) bond motifs is 1. The Morgan fingerprint density at radius 2 is 1.52 bits per heavy atom. The summed E-state index contributed by atoms with van der Waals surface area (Å²) in [5.74, 6) is -0.622. The predicted octanol–water partition coefficient (Wildman–Crippen LogP) is 3.34. The molecule has 2 aromatic heterocycles. The van der Waals surface area contributed by atoms with Crippen molar-refractivity contribution < 1.29 is 14.7 Å². The zero-order valence-corrected chi connectivity index (χ0v) is 17.2. The molecule has 7 nitrogen and oxygen atoms in total. The summed E-state index contributed by atoms with van der Waals surface area (Å²) < 4.78 is 3.46. The van der Waals surface area contributed by atoms with Crippen LogP contribution in [0.4, 0.5) is 0 Å². The molecule has 0 aliphatic heterocycles. The summed E-state index contributed by atoms with van der Waals surface area (Å²) >= 11 is 0. The van der Waals surface area contributed by atoms with E-state index in [2.05, 4.69) is 4.98 Å². The van der Waals surface area contributed by atoms with Crippen LogP contribution in [0.25, 0.3) is 5.78 Å². The lowest BCUT2D eigenvalue weighted by Gasteiger charge is -2.08. The molecule has 0 radical (unpaired) electrons. The van der Waals surface area contributed by atoms with Gasteiger partial charge in [0.2, 0.25) is 5.78 Å². The minimum atomic E-state index is -1.03. The van der Waals surface area contributed by atoms with Crippen LogP contribution in [0.5, 0.6) is 0 Å². The number of aromatic nitrogens is 3. The maximum absolute atomic E-state index is 12.7. The fraction of sp³-hybridized carbons (Fsp3) is 0.167. The molecular formula is C24H21N3O4. The molecule has 0 unspecified atom stereocenters. The van der Waals surface area contributed by atoms with Gasteiger partial charge in [-0.2, -0.15) is 0 Å². The number of imidazole rings is 1. The number of hydrogen-bond acceptors (Lipinski definition) is 4. The number of hydrogen-bond donors (Lipinski definition) is 1. The first kappa shape index (κ1) is 20.3. The van der Waals surface area contributed by atoms with Crippen LogP contribution in [-0.4, -0.2) is 30.8 Å². The lowest BCUT2D eigenvalue weighted by Crippen LogP contribution is -2.20. The molecule has 0 aliphatic rings. The molecule has 0 saturated heterocycles. The van der Waals surface area contributed by atoms with Gasteiger partial charge in [0.05, 0.1) is 12.1 Å². The van der Waals surface area contributed by atoms with E-state index in [-0.39, 0.29) is 16.9 Å². The monoisotopic (exact) mass is 415 g/mol. The second-order valence-corrected chi connectivity index (χ2v) is 7.34. The van der Waals surface area contributed by atoms with Gasteiger partial charge < -0.3 is 9.67 Å². The van der Waals surface area contributed by atoms with Gasteiger partial charge in [0.15, 0.2) is 5.78 Å². The highest BCUT2D eigenvalue weighted by Gasteiger charge is 2.13. The number of aromatic carboxylic acids is 1. The average molecular weight is 415 g/mol. The Morgan fingerprint density at radius 3 is 2.10 bits per heavy atom. The first-order chi connectivity index (χ1) is 14.9. The van der Waals surface area contributed by atoms with E-state index in [4.69, 9.17) is 5.11 Å².